The predicted octanol–water partition coefficient (Wildman–Crippen LogP) is 5.25. The van der Waals surface area contributed by atoms with Gasteiger partial charge in [-0.25, -0.2) is 9.78 Å². The number of fused-ring (bicyclic) bond motifs is 1. The number of rotatable bonds is 5. The van der Waals surface area contributed by atoms with E-state index in [4.69, 9.17) is 0 Å². The Morgan fingerprint density at radius 2 is 1.89 bits per heavy atom. The van der Waals surface area contributed by atoms with Crippen LogP contribution in [-0.2, 0) is 4.74 Å². The summed E-state index contributed by atoms with van der Waals surface area (Å²) >= 11 is 1.48. The van der Waals surface area contributed by atoms with E-state index in [1.807, 2.05) is 38.1 Å². The summed E-state index contributed by atoms with van der Waals surface area (Å²) in [6.07, 6.45) is 0. The maximum Gasteiger partial charge on any atom is 0.337 e. The van der Waals surface area contributed by atoms with Crippen molar-refractivity contribution in [2.75, 3.05) is 12.5 Å². The summed E-state index contributed by atoms with van der Waals surface area (Å²) in [5.41, 5.74) is 5.05. The van der Waals surface area contributed by atoms with Gasteiger partial charge in [-0.2, -0.15) is 5.10 Å². The lowest BCUT2D eigenvalue weighted by Gasteiger charge is -2.06. The lowest BCUT2D eigenvalue weighted by atomic mass is 10.2. The first-order valence-corrected chi connectivity index (χ1v) is 9.17. The largest absolute Gasteiger partial charge is 0.465 e. The van der Waals surface area contributed by atoms with Crippen LogP contribution in [0.3, 0.4) is 0 Å². The number of azo groups is 1. The molecule has 0 spiro atoms. The molecule has 1 N–H and O–H groups in total. The summed E-state index contributed by atoms with van der Waals surface area (Å²) in [5, 5.41) is 13.4. The zero-order valence-corrected chi connectivity index (χ0v) is 16.0. The number of para-hydroxylation sites is 1. The number of nitrogens with one attached hydrogen (secondary N) is 1. The Labute approximate surface area is 160 Å². The molecule has 0 unspecified atom stereocenters. The highest BCUT2D eigenvalue weighted by Crippen LogP contribution is 2.28. The molecule has 0 radical (unpaired) electrons. The molecule has 2 aromatic carbocycles. The summed E-state index contributed by atoms with van der Waals surface area (Å²) in [6, 6.07) is 14.7. The normalized spacial score (nSPS) is 12.1. The molecule has 0 saturated carbocycles. The molecule has 0 amide bonds. The minimum absolute atomic E-state index is 0.0740. The van der Waals surface area contributed by atoms with Crippen LogP contribution in [0.5, 0.6) is 0 Å². The maximum atomic E-state index is 11.5. The summed E-state index contributed by atoms with van der Waals surface area (Å²) in [5.74, 6) is 0.244. The van der Waals surface area contributed by atoms with Crippen LogP contribution in [0.15, 0.2) is 63.9 Å². The SMILES string of the molecule is COC(=O)c1ccc(NN=C(N=Nc2nc3ccccc3s2)C(C)C)cc1. The van der Waals surface area contributed by atoms with Gasteiger partial charge in [-0.05, 0) is 36.4 Å². The van der Waals surface area contributed by atoms with Gasteiger partial charge in [0.2, 0.25) is 5.13 Å². The molecule has 0 saturated heterocycles. The smallest absolute Gasteiger partial charge is 0.337 e. The lowest BCUT2D eigenvalue weighted by molar-refractivity contribution is 0.0601. The second-order valence-electron chi connectivity index (χ2n) is 5.97. The minimum atomic E-state index is -0.377. The highest BCUT2D eigenvalue weighted by Gasteiger charge is 2.07. The highest BCUT2D eigenvalue weighted by atomic mass is 32.1. The molecule has 7 nitrogen and oxygen atoms in total. The number of hydrogen-bond acceptors (Lipinski definition) is 7. The first kappa shape index (κ1) is 18.7. The number of anilines is 1. The highest BCUT2D eigenvalue weighted by molar-refractivity contribution is 7.21. The van der Waals surface area contributed by atoms with Gasteiger partial charge in [0.05, 0.1) is 28.6 Å². The van der Waals surface area contributed by atoms with Crippen molar-refractivity contribution in [2.45, 2.75) is 13.8 Å². The van der Waals surface area contributed by atoms with Gasteiger partial charge >= 0.3 is 5.97 Å². The zero-order valence-electron chi connectivity index (χ0n) is 15.2. The van der Waals surface area contributed by atoms with Crippen LogP contribution in [0.25, 0.3) is 10.2 Å². The van der Waals surface area contributed by atoms with Crippen LogP contribution >= 0.6 is 11.3 Å². The van der Waals surface area contributed by atoms with Crippen molar-refractivity contribution in [3.63, 3.8) is 0 Å². The number of carbonyl (C=O) groups excluding carboxylic acids is 1. The molecule has 8 heteroatoms. The first-order valence-electron chi connectivity index (χ1n) is 8.36. The third kappa shape index (κ3) is 4.73. The summed E-state index contributed by atoms with van der Waals surface area (Å²) in [7, 11) is 1.35. The van der Waals surface area contributed by atoms with Crippen LogP contribution in [0.1, 0.15) is 24.2 Å². The van der Waals surface area contributed by atoms with E-state index in [9.17, 15) is 4.79 Å². The van der Waals surface area contributed by atoms with E-state index in [0.29, 0.717) is 16.5 Å². The Balaban J connectivity index is 1.73. The Kier molecular flexibility index (Phi) is 5.87. The summed E-state index contributed by atoms with van der Waals surface area (Å²) < 4.78 is 5.75. The van der Waals surface area contributed by atoms with E-state index in [0.717, 1.165) is 15.9 Å². The third-order valence-electron chi connectivity index (χ3n) is 3.64. The zero-order chi connectivity index (χ0) is 19.2. The fourth-order valence-corrected chi connectivity index (χ4v) is 2.97. The van der Waals surface area contributed by atoms with E-state index < -0.39 is 0 Å². The topological polar surface area (TPSA) is 88.3 Å². The van der Waals surface area contributed by atoms with Crippen molar-refractivity contribution < 1.29 is 9.53 Å². The average Bonchev–Trinajstić information content (AvgIpc) is 3.10. The van der Waals surface area contributed by atoms with Crippen molar-refractivity contribution in [3.05, 3.63) is 54.1 Å². The molecule has 0 aliphatic heterocycles. The molecule has 138 valence electrons. The predicted molar refractivity (Wildman–Crippen MR) is 108 cm³/mol. The molecular weight excluding hydrogens is 362 g/mol. The van der Waals surface area contributed by atoms with Gasteiger partial charge in [-0.3, -0.25) is 5.43 Å². The van der Waals surface area contributed by atoms with Crippen LogP contribution in [0, 0.1) is 5.92 Å². The summed E-state index contributed by atoms with van der Waals surface area (Å²) in [4.78, 5) is 15.9. The Morgan fingerprint density at radius 3 is 2.56 bits per heavy atom. The van der Waals surface area contributed by atoms with Gasteiger partial charge in [-0.1, -0.05) is 37.3 Å². The second-order valence-corrected chi connectivity index (χ2v) is 6.98. The molecule has 0 aliphatic carbocycles. The lowest BCUT2D eigenvalue weighted by Crippen LogP contribution is -2.07. The Hall–Kier alpha value is -3.13. The molecule has 0 atom stereocenters. The number of ether oxygens (including phenoxy) is 1. The van der Waals surface area contributed by atoms with Gasteiger partial charge in [0, 0.05) is 5.92 Å². The molecular formula is C19H19N5O2S. The van der Waals surface area contributed by atoms with E-state index in [1.54, 1.807) is 24.3 Å². The van der Waals surface area contributed by atoms with Gasteiger partial charge in [-0.15, -0.1) is 10.2 Å². The van der Waals surface area contributed by atoms with Crippen LogP contribution in [0.2, 0.25) is 0 Å². The standard InChI is InChI=1S/C19H19N5O2S/c1-12(2)17(22-21-14-10-8-13(9-11-14)18(25)26-3)23-24-19-20-15-6-4-5-7-16(15)27-19/h4-12,21H,1-3H3. The van der Waals surface area contributed by atoms with Crippen molar-refractivity contribution in [2.24, 2.45) is 21.2 Å². The molecule has 27 heavy (non-hydrogen) atoms. The average molecular weight is 381 g/mol. The molecule has 0 fully saturated rings. The first-order chi connectivity index (χ1) is 13.1. The number of amidine groups is 1. The minimum Gasteiger partial charge on any atom is -0.465 e. The van der Waals surface area contributed by atoms with E-state index in [-0.39, 0.29) is 11.9 Å². The monoisotopic (exact) mass is 381 g/mol. The Bertz CT molecular complexity index is 960. The van der Waals surface area contributed by atoms with Crippen LogP contribution in [-0.4, -0.2) is 23.9 Å². The van der Waals surface area contributed by atoms with Crippen LogP contribution in [0.4, 0.5) is 10.8 Å². The molecule has 1 aromatic heterocycles. The van der Waals surface area contributed by atoms with Gasteiger partial charge in [0.25, 0.3) is 0 Å². The quantitative estimate of drug-likeness (QED) is 0.215. The number of esters is 1. The van der Waals surface area contributed by atoms with Crippen molar-refractivity contribution in [1.82, 2.24) is 4.98 Å². The van der Waals surface area contributed by atoms with Crippen molar-refractivity contribution in [1.29, 1.82) is 0 Å². The number of nitrogens with zero attached hydrogens (tertiary/aromatic N) is 4. The number of thiazole rings is 1. The molecule has 0 bridgehead atoms. The van der Waals surface area contributed by atoms with Crippen molar-refractivity contribution >= 4 is 44.2 Å². The van der Waals surface area contributed by atoms with E-state index >= 15 is 0 Å². The van der Waals surface area contributed by atoms with E-state index in [1.165, 1.54) is 18.4 Å². The number of benzene rings is 2. The maximum absolute atomic E-state index is 11.5. The van der Waals surface area contributed by atoms with Crippen molar-refractivity contribution in [3.8, 4) is 0 Å². The van der Waals surface area contributed by atoms with Gasteiger partial charge in [0.1, 0.15) is 0 Å². The number of aromatic nitrogens is 1. The van der Waals surface area contributed by atoms with Gasteiger partial charge < -0.3 is 4.74 Å². The molecule has 1 heterocycles. The van der Waals surface area contributed by atoms with Crippen LogP contribution < -0.4 is 5.43 Å². The summed E-state index contributed by atoms with van der Waals surface area (Å²) in [6.45, 7) is 3.97. The Morgan fingerprint density at radius 1 is 1.15 bits per heavy atom. The number of hydrogen-bond donors (Lipinski definition) is 1. The van der Waals surface area contributed by atoms with Gasteiger partial charge in [0.15, 0.2) is 5.84 Å². The molecule has 3 rings (SSSR count). The molecule has 0 aliphatic rings. The number of carbonyl (C=O) groups is 1. The second kappa shape index (κ2) is 8.50. The number of methoxy groups -OCH3 is 1. The third-order valence-corrected chi connectivity index (χ3v) is 4.56. The molecule has 3 aromatic rings. The number of hydrazone groups is 1. The van der Waals surface area contributed by atoms with E-state index in [2.05, 4.69) is 30.5 Å². The fourth-order valence-electron chi connectivity index (χ4n) is 2.18. The fraction of sp³-hybridized carbons (Fsp3) is 0.211.